The van der Waals surface area contributed by atoms with Gasteiger partial charge in [-0.3, -0.25) is 19.3 Å². The van der Waals surface area contributed by atoms with Gasteiger partial charge in [-0.2, -0.15) is 0 Å². The molecule has 0 saturated carbocycles. The van der Waals surface area contributed by atoms with E-state index in [4.69, 9.17) is 5.73 Å². The number of aliphatic carboxylic acids is 1. The third kappa shape index (κ3) is 4.46. The van der Waals surface area contributed by atoms with E-state index in [1.807, 2.05) is 0 Å². The molecular formula is C22H25N7O6S2. The van der Waals surface area contributed by atoms with Crippen molar-refractivity contribution in [3.05, 3.63) is 33.5 Å². The van der Waals surface area contributed by atoms with Crippen LogP contribution in [0.1, 0.15) is 25.0 Å². The summed E-state index contributed by atoms with van der Waals surface area (Å²) < 4.78 is 0. The van der Waals surface area contributed by atoms with Crippen LogP contribution in [0.15, 0.2) is 33.0 Å². The molecule has 0 aliphatic carbocycles. The number of thiazole rings is 1. The highest BCUT2D eigenvalue weighted by molar-refractivity contribution is 8.00. The highest BCUT2D eigenvalue weighted by Gasteiger charge is 2.55. The number of hydrogen-bond donors (Lipinski definition) is 6. The first-order chi connectivity index (χ1) is 17.8. The first kappa shape index (κ1) is 25.2. The van der Waals surface area contributed by atoms with Gasteiger partial charge in [-0.25, -0.2) is 9.78 Å². The number of piperidine rings is 1. The predicted molar refractivity (Wildman–Crippen MR) is 135 cm³/mol. The van der Waals surface area contributed by atoms with Gasteiger partial charge in [-0.05, 0) is 49.4 Å². The molecular weight excluding hydrogens is 522 g/mol. The largest absolute Gasteiger partial charge is 0.477 e. The minimum absolute atomic E-state index is 0.00218. The van der Waals surface area contributed by atoms with Gasteiger partial charge in [0.2, 0.25) is 5.91 Å². The van der Waals surface area contributed by atoms with Crippen molar-refractivity contribution in [2.24, 2.45) is 11.1 Å². The fraction of sp³-hybridized carbons (Fsp3) is 0.455. The van der Waals surface area contributed by atoms with Gasteiger partial charge in [0.1, 0.15) is 22.8 Å². The summed E-state index contributed by atoms with van der Waals surface area (Å²) in [6.45, 7) is 2.00. The topological polar surface area (TPSA) is 199 Å². The van der Waals surface area contributed by atoms with Crippen LogP contribution in [0.4, 0.5) is 5.13 Å². The van der Waals surface area contributed by atoms with E-state index >= 15 is 0 Å². The van der Waals surface area contributed by atoms with Crippen LogP contribution >= 0.6 is 23.1 Å². The number of aromatic nitrogens is 1. The van der Waals surface area contributed by atoms with Crippen molar-refractivity contribution in [2.75, 3.05) is 31.1 Å². The first-order valence-electron chi connectivity index (χ1n) is 11.7. The molecule has 4 aliphatic rings. The number of nitrogen functional groups attached to an aromatic ring is 1. The number of hydrogen-bond acceptors (Lipinski definition) is 11. The Balaban J connectivity index is 1.45. The number of carbonyl (C=O) groups excluding carboxylic acids is 3. The standard InChI is InChI=1S/C22H25N7O6S2/c23-22-26-12(8-37-22)14(28-35)18(31)27-15-19(32)29-16(21(33)34)11(7-36-20(15)29)13(9-1-4-24-5-2-9)10-3-6-25-17(10)30/h8-9,15,20,24,35H,1-7H2,(H2,23,26)(H,25,30)(H,27,31)(H,33,34)/t15-,20-/m1/s1. The lowest BCUT2D eigenvalue weighted by atomic mass is 9.81. The number of nitrogens with one attached hydrogen (secondary N) is 3. The van der Waals surface area contributed by atoms with Gasteiger partial charge in [0, 0.05) is 23.3 Å². The number of carboxylic acids is 1. The third-order valence-electron chi connectivity index (χ3n) is 6.87. The summed E-state index contributed by atoms with van der Waals surface area (Å²) in [6.07, 6.45) is 2.01. The molecule has 196 valence electrons. The molecule has 0 unspecified atom stereocenters. The van der Waals surface area contributed by atoms with Gasteiger partial charge < -0.3 is 32.0 Å². The second-order valence-corrected chi connectivity index (χ2v) is 10.9. The van der Waals surface area contributed by atoms with Crippen LogP contribution in [0.3, 0.4) is 0 Å². The predicted octanol–water partition coefficient (Wildman–Crippen LogP) is -0.542. The van der Waals surface area contributed by atoms with Gasteiger partial charge >= 0.3 is 5.97 Å². The molecule has 7 N–H and O–H groups in total. The summed E-state index contributed by atoms with van der Waals surface area (Å²) >= 11 is 2.38. The van der Waals surface area contributed by atoms with E-state index in [0.29, 0.717) is 24.1 Å². The van der Waals surface area contributed by atoms with E-state index in [2.05, 4.69) is 26.1 Å². The maximum absolute atomic E-state index is 13.2. The average molecular weight is 548 g/mol. The van der Waals surface area contributed by atoms with Crippen LogP contribution in [0.5, 0.6) is 0 Å². The van der Waals surface area contributed by atoms with E-state index < -0.39 is 34.9 Å². The summed E-state index contributed by atoms with van der Waals surface area (Å²) in [7, 11) is 0. The van der Waals surface area contributed by atoms with Gasteiger partial charge in [0.15, 0.2) is 10.8 Å². The number of thioether (sulfide) groups is 1. The molecule has 4 aliphatic heterocycles. The van der Waals surface area contributed by atoms with Crippen LogP contribution in [0, 0.1) is 5.92 Å². The highest BCUT2D eigenvalue weighted by Crippen LogP contribution is 2.45. The SMILES string of the molecule is Nc1nc(C(=NO)C(=O)N[C@@H]2C(=O)N3C(C(=O)O)=C(C(=C4CCNC4=O)C4CCNCC4)CS[C@H]23)cs1. The molecule has 0 aromatic carbocycles. The molecule has 13 nitrogen and oxygen atoms in total. The van der Waals surface area contributed by atoms with Gasteiger partial charge in [0.05, 0.1) is 0 Å². The van der Waals surface area contributed by atoms with Crippen LogP contribution in [-0.4, -0.2) is 86.4 Å². The molecule has 37 heavy (non-hydrogen) atoms. The van der Waals surface area contributed by atoms with Crippen molar-refractivity contribution in [2.45, 2.75) is 30.7 Å². The lowest BCUT2D eigenvalue weighted by Crippen LogP contribution is -2.71. The van der Waals surface area contributed by atoms with E-state index in [-0.39, 0.29) is 34.1 Å². The molecule has 0 bridgehead atoms. The number of fused-ring (bicyclic) bond motifs is 1. The number of carboxylic acid groups (broad SMARTS) is 1. The molecule has 2 atom stereocenters. The summed E-state index contributed by atoms with van der Waals surface area (Å²) in [5.74, 6) is -2.63. The highest BCUT2D eigenvalue weighted by atomic mass is 32.2. The van der Waals surface area contributed by atoms with E-state index in [1.165, 1.54) is 22.0 Å². The Labute approximate surface area is 219 Å². The maximum atomic E-state index is 13.2. The average Bonchev–Trinajstić information content (AvgIpc) is 3.51. The normalized spacial score (nSPS) is 25.9. The maximum Gasteiger partial charge on any atom is 0.352 e. The molecule has 5 heterocycles. The third-order valence-corrected chi connectivity index (χ3v) is 8.82. The molecule has 1 aromatic rings. The Morgan fingerprint density at radius 3 is 2.59 bits per heavy atom. The Hall–Kier alpha value is -3.43. The monoisotopic (exact) mass is 547 g/mol. The summed E-state index contributed by atoms with van der Waals surface area (Å²) in [6, 6.07) is -1.02. The van der Waals surface area contributed by atoms with Crippen molar-refractivity contribution in [1.29, 1.82) is 0 Å². The van der Waals surface area contributed by atoms with Crippen molar-refractivity contribution >= 4 is 57.6 Å². The van der Waals surface area contributed by atoms with Gasteiger partial charge in [0.25, 0.3) is 11.8 Å². The number of allylic oxidation sites excluding steroid dienone is 1. The first-order valence-corrected chi connectivity index (χ1v) is 13.6. The fourth-order valence-electron chi connectivity index (χ4n) is 5.21. The fourth-order valence-corrected chi connectivity index (χ4v) is 7.12. The number of nitrogens with two attached hydrogens (primary N) is 1. The Bertz CT molecular complexity index is 1270. The van der Waals surface area contributed by atoms with Gasteiger partial charge in [-0.1, -0.05) is 5.16 Å². The van der Waals surface area contributed by atoms with E-state index in [0.717, 1.165) is 42.8 Å². The number of nitrogens with zero attached hydrogens (tertiary/aromatic N) is 3. The number of amides is 3. The molecule has 5 rings (SSSR count). The Morgan fingerprint density at radius 2 is 2.00 bits per heavy atom. The lowest BCUT2D eigenvalue weighted by molar-refractivity contribution is -0.150. The molecule has 0 radical (unpaired) electrons. The zero-order valence-corrected chi connectivity index (χ0v) is 21.2. The second-order valence-electron chi connectivity index (χ2n) is 8.94. The zero-order chi connectivity index (χ0) is 26.3. The summed E-state index contributed by atoms with van der Waals surface area (Å²) in [5, 5.41) is 32.1. The molecule has 1 aromatic heterocycles. The summed E-state index contributed by atoms with van der Waals surface area (Å²) in [4.78, 5) is 56.2. The van der Waals surface area contributed by atoms with Crippen LogP contribution in [-0.2, 0) is 19.2 Å². The van der Waals surface area contributed by atoms with Gasteiger partial charge in [-0.15, -0.1) is 23.1 Å². The quantitative estimate of drug-likeness (QED) is 0.0883. The van der Waals surface area contributed by atoms with Crippen LogP contribution in [0.2, 0.25) is 0 Å². The lowest BCUT2D eigenvalue weighted by Gasteiger charge is -2.50. The van der Waals surface area contributed by atoms with Crippen molar-refractivity contribution in [3.63, 3.8) is 0 Å². The van der Waals surface area contributed by atoms with E-state index in [9.17, 15) is 29.5 Å². The van der Waals surface area contributed by atoms with E-state index in [1.54, 1.807) is 0 Å². The number of rotatable bonds is 6. The van der Waals surface area contributed by atoms with Crippen molar-refractivity contribution in [1.82, 2.24) is 25.8 Å². The number of β-lactam (4-membered cyclic amide) rings is 1. The Kier molecular flexibility index (Phi) is 6.92. The molecule has 3 saturated heterocycles. The van der Waals surface area contributed by atoms with Crippen LogP contribution in [0.25, 0.3) is 0 Å². The minimum atomic E-state index is -1.26. The molecule has 15 heteroatoms. The molecule has 0 spiro atoms. The smallest absolute Gasteiger partial charge is 0.352 e. The van der Waals surface area contributed by atoms with Crippen molar-refractivity contribution in [3.8, 4) is 0 Å². The van der Waals surface area contributed by atoms with Crippen LogP contribution < -0.4 is 21.7 Å². The van der Waals surface area contributed by atoms with Crippen molar-refractivity contribution < 1.29 is 29.5 Å². The molecule has 3 amide bonds. The second kappa shape index (κ2) is 10.1. The zero-order valence-electron chi connectivity index (χ0n) is 19.5. The number of oxime groups is 1. The molecule has 3 fully saturated rings. The number of carbonyl (C=O) groups is 4. The Morgan fingerprint density at radius 1 is 1.24 bits per heavy atom. The number of anilines is 1. The summed E-state index contributed by atoms with van der Waals surface area (Å²) in [5.41, 5.74) is 6.90. The minimum Gasteiger partial charge on any atom is -0.477 e.